The first kappa shape index (κ1) is 20.0. The Morgan fingerprint density at radius 1 is 0.833 bits per heavy atom. The van der Waals surface area contributed by atoms with Gasteiger partial charge in [0.25, 0.3) is 0 Å². The Labute approximate surface area is 127 Å². The summed E-state index contributed by atoms with van der Waals surface area (Å²) in [5.41, 5.74) is -1.46. The monoisotopic (exact) mass is 372 g/mol. The van der Waals surface area contributed by atoms with Crippen LogP contribution in [0.15, 0.2) is 24.3 Å². The molecule has 0 atom stereocenters. The molecule has 136 valence electrons. The average molecular weight is 372 g/mol. The second-order valence-corrected chi connectivity index (χ2v) is 4.42. The smallest absolute Gasteiger partial charge is 0.456 e. The summed E-state index contributed by atoms with van der Waals surface area (Å²) < 4.78 is 127. The molecule has 0 bridgehead atoms. The largest absolute Gasteiger partial charge is 0.460 e. The molecule has 0 saturated heterocycles. The molecule has 1 rings (SSSR count). The number of hydrogen-bond donors (Lipinski definition) is 0. The Bertz CT molecular complexity index is 585. The van der Waals surface area contributed by atoms with E-state index < -0.39 is 42.3 Å². The summed E-state index contributed by atoms with van der Waals surface area (Å²) in [6.07, 6.45) is -11.4. The molecular formula is C12H6F10O2. The molecule has 1 aromatic carbocycles. The zero-order valence-corrected chi connectivity index (χ0v) is 11.1. The third kappa shape index (κ3) is 3.90. The van der Waals surface area contributed by atoms with Crippen LogP contribution in [0.2, 0.25) is 0 Å². The van der Waals surface area contributed by atoms with Crippen LogP contribution >= 0.6 is 0 Å². The molecule has 0 aliphatic heterocycles. The van der Waals surface area contributed by atoms with Gasteiger partial charge >= 0.3 is 30.2 Å². The van der Waals surface area contributed by atoms with E-state index in [2.05, 4.69) is 4.74 Å². The van der Waals surface area contributed by atoms with Crippen LogP contribution in [0, 0.1) is 0 Å². The first-order chi connectivity index (χ1) is 10.6. The number of carbonyl (C=O) groups is 1. The number of benzene rings is 1. The molecule has 0 aliphatic rings. The number of alkyl halides is 10. The van der Waals surface area contributed by atoms with Crippen molar-refractivity contribution in [1.29, 1.82) is 0 Å². The van der Waals surface area contributed by atoms with Crippen LogP contribution in [-0.4, -0.2) is 24.0 Å². The molecular weight excluding hydrogens is 366 g/mol. The number of rotatable bonds is 4. The minimum Gasteiger partial charge on any atom is -0.456 e. The molecule has 0 N–H and O–H groups in total. The van der Waals surface area contributed by atoms with Crippen molar-refractivity contribution in [1.82, 2.24) is 0 Å². The highest BCUT2D eigenvalue weighted by Crippen LogP contribution is 2.47. The van der Waals surface area contributed by atoms with Gasteiger partial charge in [0.1, 0.15) is 6.61 Å². The van der Waals surface area contributed by atoms with Gasteiger partial charge in [0.05, 0.1) is 5.56 Å². The van der Waals surface area contributed by atoms with Crippen molar-refractivity contribution < 1.29 is 53.4 Å². The molecule has 24 heavy (non-hydrogen) atoms. The van der Waals surface area contributed by atoms with Crippen molar-refractivity contribution in [2.75, 3.05) is 0 Å². The van der Waals surface area contributed by atoms with Gasteiger partial charge in [-0.3, -0.25) is 0 Å². The number of hydrogen-bond acceptors (Lipinski definition) is 2. The van der Waals surface area contributed by atoms with Crippen molar-refractivity contribution in [3.63, 3.8) is 0 Å². The summed E-state index contributed by atoms with van der Waals surface area (Å²) >= 11 is 0. The highest BCUT2D eigenvalue weighted by atomic mass is 19.4. The maximum atomic E-state index is 12.9. The van der Waals surface area contributed by atoms with Gasteiger partial charge in [0, 0.05) is 0 Å². The fourth-order valence-electron chi connectivity index (χ4n) is 1.34. The molecule has 0 unspecified atom stereocenters. The number of carbonyl (C=O) groups excluding carboxylic acids is 1. The predicted octanol–water partition coefficient (Wildman–Crippen LogP) is 4.58. The highest BCUT2D eigenvalue weighted by Gasteiger charge is 2.77. The third-order valence-corrected chi connectivity index (χ3v) is 2.66. The molecule has 0 aliphatic carbocycles. The molecule has 0 amide bonds. The summed E-state index contributed by atoms with van der Waals surface area (Å²) in [5.74, 6) is -16.0. The Morgan fingerprint density at radius 3 is 1.67 bits per heavy atom. The first-order valence-corrected chi connectivity index (χ1v) is 5.76. The lowest BCUT2D eigenvalue weighted by Crippen LogP contribution is -2.56. The summed E-state index contributed by atoms with van der Waals surface area (Å²) in [5, 5.41) is 0. The van der Waals surface area contributed by atoms with E-state index in [0.29, 0.717) is 24.3 Å². The van der Waals surface area contributed by atoms with Crippen molar-refractivity contribution in [2.45, 2.75) is 30.8 Å². The number of esters is 1. The van der Waals surface area contributed by atoms with Crippen LogP contribution in [0.5, 0.6) is 0 Å². The predicted molar refractivity (Wildman–Crippen MR) is 57.2 cm³/mol. The lowest BCUT2D eigenvalue weighted by molar-refractivity contribution is -0.348. The fraction of sp³-hybridized carbons (Fsp3) is 0.417. The number of ether oxygens (including phenoxy) is 1. The quantitative estimate of drug-likeness (QED) is 0.571. The second-order valence-electron chi connectivity index (χ2n) is 4.42. The van der Waals surface area contributed by atoms with Crippen molar-refractivity contribution >= 4 is 5.97 Å². The number of halogens is 10. The normalized spacial score (nSPS) is 13.8. The Balaban J connectivity index is 2.82. The molecule has 0 aromatic heterocycles. The average Bonchev–Trinajstić information content (AvgIpc) is 2.42. The maximum Gasteiger partial charge on any atom is 0.460 e. The van der Waals surface area contributed by atoms with Crippen LogP contribution in [-0.2, 0) is 22.3 Å². The SMILES string of the molecule is O=C(OCc1ccc(C(F)(F)F)cc1)C(F)(F)C(F)(F)C(F)(F)F. The molecule has 0 saturated carbocycles. The molecule has 2 nitrogen and oxygen atoms in total. The van der Waals surface area contributed by atoms with Gasteiger partial charge in [-0.1, -0.05) is 12.1 Å². The van der Waals surface area contributed by atoms with E-state index in [1.165, 1.54) is 0 Å². The van der Waals surface area contributed by atoms with E-state index in [0.717, 1.165) is 0 Å². The van der Waals surface area contributed by atoms with Crippen LogP contribution in [0.4, 0.5) is 43.9 Å². The molecule has 1 aromatic rings. The highest BCUT2D eigenvalue weighted by molar-refractivity contribution is 5.79. The maximum absolute atomic E-state index is 12.9. The van der Waals surface area contributed by atoms with Gasteiger partial charge in [-0.05, 0) is 17.7 Å². The van der Waals surface area contributed by atoms with Gasteiger partial charge in [0.15, 0.2) is 0 Å². The first-order valence-electron chi connectivity index (χ1n) is 5.76. The lowest BCUT2D eigenvalue weighted by Gasteiger charge is -2.26. The van der Waals surface area contributed by atoms with E-state index in [4.69, 9.17) is 0 Å². The van der Waals surface area contributed by atoms with Crippen LogP contribution < -0.4 is 0 Å². The fourth-order valence-corrected chi connectivity index (χ4v) is 1.34. The van der Waals surface area contributed by atoms with Crippen molar-refractivity contribution in [3.8, 4) is 0 Å². The molecule has 0 spiro atoms. The van der Waals surface area contributed by atoms with E-state index in [-0.39, 0.29) is 5.56 Å². The molecule has 0 fully saturated rings. The summed E-state index contributed by atoms with van der Waals surface area (Å²) in [6, 6.07) is 2.31. The topological polar surface area (TPSA) is 26.3 Å². The van der Waals surface area contributed by atoms with Gasteiger partial charge in [-0.15, -0.1) is 0 Å². The van der Waals surface area contributed by atoms with Gasteiger partial charge in [-0.2, -0.15) is 43.9 Å². The van der Waals surface area contributed by atoms with Gasteiger partial charge in [-0.25, -0.2) is 4.79 Å². The second kappa shape index (κ2) is 6.13. The molecule has 12 heteroatoms. The van der Waals surface area contributed by atoms with Gasteiger partial charge < -0.3 is 4.74 Å². The zero-order valence-electron chi connectivity index (χ0n) is 11.1. The summed E-state index contributed by atoms with van der Waals surface area (Å²) in [4.78, 5) is 10.8. The molecule has 0 heterocycles. The van der Waals surface area contributed by atoms with E-state index in [1.54, 1.807) is 0 Å². The van der Waals surface area contributed by atoms with E-state index in [1.807, 2.05) is 0 Å². The zero-order chi connectivity index (χ0) is 19.0. The summed E-state index contributed by atoms with van der Waals surface area (Å²) in [7, 11) is 0. The minimum absolute atomic E-state index is 0.331. The van der Waals surface area contributed by atoms with E-state index >= 15 is 0 Å². The molecule has 0 radical (unpaired) electrons. The standard InChI is InChI=1S/C12H6F10O2/c13-9(14,11(18,19)12(20,21)22)8(23)24-5-6-1-3-7(4-2-6)10(15,16)17/h1-4H,5H2. The van der Waals surface area contributed by atoms with E-state index in [9.17, 15) is 48.7 Å². The lowest BCUT2D eigenvalue weighted by atomic mass is 10.1. The Morgan fingerprint density at radius 2 is 1.29 bits per heavy atom. The Kier molecular flexibility index (Phi) is 5.12. The summed E-state index contributed by atoms with van der Waals surface area (Å²) in [6.45, 7) is -1.22. The van der Waals surface area contributed by atoms with Gasteiger partial charge in [0.2, 0.25) is 0 Å². The van der Waals surface area contributed by atoms with Crippen LogP contribution in [0.3, 0.4) is 0 Å². The van der Waals surface area contributed by atoms with Crippen LogP contribution in [0.25, 0.3) is 0 Å². The van der Waals surface area contributed by atoms with Crippen molar-refractivity contribution in [3.05, 3.63) is 35.4 Å². The third-order valence-electron chi connectivity index (χ3n) is 2.66. The minimum atomic E-state index is -6.70. The Hall–Kier alpha value is -2.01. The van der Waals surface area contributed by atoms with Crippen LogP contribution in [0.1, 0.15) is 11.1 Å². The van der Waals surface area contributed by atoms with Crippen molar-refractivity contribution in [2.24, 2.45) is 0 Å².